The van der Waals surface area contributed by atoms with E-state index in [-0.39, 0.29) is 24.3 Å². The molecule has 2 aromatic heterocycles. The number of rotatable bonds is 3. The van der Waals surface area contributed by atoms with E-state index in [0.717, 1.165) is 34.0 Å². The second kappa shape index (κ2) is 7.19. The zero-order valence-electron chi connectivity index (χ0n) is 17.2. The second-order valence-electron chi connectivity index (χ2n) is 8.46. The fourth-order valence-corrected chi connectivity index (χ4v) is 5.54. The zero-order valence-corrected chi connectivity index (χ0v) is 18.0. The van der Waals surface area contributed by atoms with Gasteiger partial charge in [0.15, 0.2) is 0 Å². The number of nitrogens with zero attached hydrogens (tertiary/aromatic N) is 4. The highest BCUT2D eigenvalue weighted by atomic mass is 32.1. The van der Waals surface area contributed by atoms with Crippen molar-refractivity contribution in [2.24, 2.45) is 5.92 Å². The molecule has 2 aromatic rings. The molecule has 0 aromatic carbocycles. The van der Waals surface area contributed by atoms with E-state index in [4.69, 9.17) is 0 Å². The molecule has 0 saturated heterocycles. The van der Waals surface area contributed by atoms with Crippen LogP contribution < -0.4 is 4.90 Å². The molecule has 156 valence electrons. The first-order valence-electron chi connectivity index (χ1n) is 10.3. The second-order valence-corrected chi connectivity index (χ2v) is 9.54. The quantitative estimate of drug-likeness (QED) is 0.759. The van der Waals surface area contributed by atoms with Gasteiger partial charge in [0, 0.05) is 36.9 Å². The molecule has 30 heavy (non-hydrogen) atoms. The number of hydrogen-bond acceptors (Lipinski definition) is 5. The lowest BCUT2D eigenvalue weighted by Crippen LogP contribution is -2.38. The van der Waals surface area contributed by atoms with Crippen LogP contribution in [0, 0.1) is 12.8 Å². The maximum atomic E-state index is 13.1. The Hall–Kier alpha value is -2.74. The van der Waals surface area contributed by atoms with Gasteiger partial charge in [0.1, 0.15) is 11.5 Å². The number of aromatic nitrogens is 1. The van der Waals surface area contributed by atoms with E-state index in [1.54, 1.807) is 19.3 Å². The number of aryl methyl sites for hydroxylation is 1. The summed E-state index contributed by atoms with van der Waals surface area (Å²) >= 11 is 1.51. The van der Waals surface area contributed by atoms with Gasteiger partial charge in [0.2, 0.25) is 5.91 Å². The lowest BCUT2D eigenvalue weighted by atomic mass is 10.0. The number of fused-ring (bicyclic) bond motifs is 3. The van der Waals surface area contributed by atoms with Gasteiger partial charge in [-0.1, -0.05) is 0 Å². The molecule has 0 spiro atoms. The van der Waals surface area contributed by atoms with Gasteiger partial charge in [-0.15, -0.1) is 11.3 Å². The predicted octanol–water partition coefficient (Wildman–Crippen LogP) is 2.48. The summed E-state index contributed by atoms with van der Waals surface area (Å²) in [4.78, 5) is 49.3. The van der Waals surface area contributed by atoms with Crippen molar-refractivity contribution in [1.82, 2.24) is 14.8 Å². The fraction of sp³-hybridized carbons (Fsp3) is 0.455. The van der Waals surface area contributed by atoms with Crippen LogP contribution in [-0.4, -0.2) is 59.2 Å². The molecule has 7 nitrogen and oxygen atoms in total. The molecule has 0 atom stereocenters. The number of pyridine rings is 1. The number of likely N-dealkylation sites (N-methyl/N-ethyl adjacent to an activating group) is 1. The third-order valence-corrected chi connectivity index (χ3v) is 7.34. The maximum Gasteiger partial charge on any atom is 0.257 e. The van der Waals surface area contributed by atoms with Crippen molar-refractivity contribution in [3.05, 3.63) is 45.6 Å². The highest BCUT2D eigenvalue weighted by molar-refractivity contribution is 7.17. The summed E-state index contributed by atoms with van der Waals surface area (Å²) in [5.41, 5.74) is 3.13. The zero-order chi connectivity index (χ0) is 21.0. The Bertz CT molecular complexity index is 1040. The average molecular weight is 425 g/mol. The van der Waals surface area contributed by atoms with Gasteiger partial charge in [-0.3, -0.25) is 19.4 Å². The van der Waals surface area contributed by atoms with Crippen LogP contribution in [0.5, 0.6) is 0 Å². The minimum Gasteiger partial charge on any atom is -0.333 e. The Morgan fingerprint density at radius 1 is 1.23 bits per heavy atom. The SMILES string of the molecule is Cc1ccc(C(=O)N2CCc3c(sc4c3C(=O)N(C)CC(=O)N4CC3CC3)C2)cn1. The molecule has 4 heterocycles. The molecular formula is C22H24N4O3S. The predicted molar refractivity (Wildman–Crippen MR) is 114 cm³/mol. The largest absolute Gasteiger partial charge is 0.333 e. The van der Waals surface area contributed by atoms with Crippen molar-refractivity contribution >= 4 is 34.1 Å². The van der Waals surface area contributed by atoms with Crippen molar-refractivity contribution < 1.29 is 14.4 Å². The van der Waals surface area contributed by atoms with E-state index in [1.165, 1.54) is 16.2 Å². The molecule has 0 radical (unpaired) electrons. The van der Waals surface area contributed by atoms with Crippen molar-refractivity contribution in [2.75, 3.05) is 31.6 Å². The average Bonchev–Trinajstić information content (AvgIpc) is 3.49. The van der Waals surface area contributed by atoms with Gasteiger partial charge < -0.3 is 14.7 Å². The number of hydrogen-bond donors (Lipinski definition) is 0. The van der Waals surface area contributed by atoms with E-state index < -0.39 is 0 Å². The van der Waals surface area contributed by atoms with Crippen molar-refractivity contribution in [3.8, 4) is 0 Å². The van der Waals surface area contributed by atoms with E-state index in [1.807, 2.05) is 22.8 Å². The van der Waals surface area contributed by atoms with Gasteiger partial charge in [-0.05, 0) is 49.8 Å². The third kappa shape index (κ3) is 3.29. The smallest absolute Gasteiger partial charge is 0.257 e. The highest BCUT2D eigenvalue weighted by Gasteiger charge is 2.39. The van der Waals surface area contributed by atoms with E-state index in [0.29, 0.717) is 43.1 Å². The Morgan fingerprint density at radius 3 is 2.73 bits per heavy atom. The van der Waals surface area contributed by atoms with Crippen LogP contribution in [0.15, 0.2) is 18.3 Å². The number of anilines is 1. The number of carbonyl (C=O) groups is 3. The summed E-state index contributed by atoms with van der Waals surface area (Å²) in [6.07, 6.45) is 4.52. The van der Waals surface area contributed by atoms with E-state index >= 15 is 0 Å². The van der Waals surface area contributed by atoms with Gasteiger partial charge in [-0.25, -0.2) is 0 Å². The molecule has 1 fully saturated rings. The van der Waals surface area contributed by atoms with Crippen LogP contribution in [0.3, 0.4) is 0 Å². The molecule has 1 saturated carbocycles. The molecule has 8 heteroatoms. The van der Waals surface area contributed by atoms with Crippen LogP contribution in [-0.2, 0) is 17.8 Å². The van der Waals surface area contributed by atoms with Gasteiger partial charge in [0.05, 0.1) is 17.7 Å². The van der Waals surface area contributed by atoms with Crippen LogP contribution >= 0.6 is 11.3 Å². The van der Waals surface area contributed by atoms with Gasteiger partial charge in [-0.2, -0.15) is 0 Å². The highest BCUT2D eigenvalue weighted by Crippen LogP contribution is 2.43. The molecule has 3 amide bonds. The van der Waals surface area contributed by atoms with Crippen molar-refractivity contribution in [2.45, 2.75) is 32.7 Å². The van der Waals surface area contributed by atoms with Crippen molar-refractivity contribution in [3.63, 3.8) is 0 Å². The monoisotopic (exact) mass is 424 g/mol. The number of carbonyl (C=O) groups excluding carboxylic acids is 3. The van der Waals surface area contributed by atoms with Crippen LogP contribution in [0.25, 0.3) is 0 Å². The standard InChI is InChI=1S/C22H24N4O3S/c1-13-3-6-15(9-23-13)20(28)25-8-7-16-17(11-25)30-22-19(16)21(29)24(2)12-18(27)26(22)10-14-4-5-14/h3,6,9,14H,4-5,7-8,10-12H2,1-2H3. The molecule has 5 rings (SSSR count). The topological polar surface area (TPSA) is 73.8 Å². The Balaban J connectivity index is 1.48. The Labute approximate surface area is 179 Å². The number of thiophene rings is 1. The lowest BCUT2D eigenvalue weighted by Gasteiger charge is -2.27. The van der Waals surface area contributed by atoms with Crippen LogP contribution in [0.1, 0.15) is 49.7 Å². The Kier molecular flexibility index (Phi) is 4.61. The first kappa shape index (κ1) is 19.2. The summed E-state index contributed by atoms with van der Waals surface area (Å²) in [6.45, 7) is 3.71. The van der Waals surface area contributed by atoms with E-state index in [9.17, 15) is 14.4 Å². The minimum absolute atomic E-state index is 0.0197. The number of amides is 3. The third-order valence-electron chi connectivity index (χ3n) is 6.10. The molecular weight excluding hydrogens is 400 g/mol. The molecule has 1 aliphatic carbocycles. The molecule has 0 N–H and O–H groups in total. The summed E-state index contributed by atoms with van der Waals surface area (Å²) in [5, 5.41) is 0.776. The Morgan fingerprint density at radius 2 is 2.03 bits per heavy atom. The van der Waals surface area contributed by atoms with Gasteiger partial charge >= 0.3 is 0 Å². The molecule has 0 bridgehead atoms. The normalized spacial score (nSPS) is 18.9. The summed E-state index contributed by atoms with van der Waals surface area (Å²) in [7, 11) is 1.69. The molecule has 3 aliphatic rings. The first-order valence-corrected chi connectivity index (χ1v) is 11.2. The molecule has 0 unspecified atom stereocenters. The van der Waals surface area contributed by atoms with E-state index in [2.05, 4.69) is 4.98 Å². The summed E-state index contributed by atoms with van der Waals surface area (Å²) < 4.78 is 0. The molecule has 2 aliphatic heterocycles. The summed E-state index contributed by atoms with van der Waals surface area (Å²) in [6, 6.07) is 3.64. The lowest BCUT2D eigenvalue weighted by molar-refractivity contribution is -0.119. The first-order chi connectivity index (χ1) is 14.4. The van der Waals surface area contributed by atoms with Crippen LogP contribution in [0.4, 0.5) is 5.00 Å². The van der Waals surface area contributed by atoms with Gasteiger partial charge in [0.25, 0.3) is 11.8 Å². The maximum absolute atomic E-state index is 13.1. The van der Waals surface area contributed by atoms with Crippen molar-refractivity contribution in [1.29, 1.82) is 0 Å². The van der Waals surface area contributed by atoms with Crippen LogP contribution in [0.2, 0.25) is 0 Å². The fourth-order valence-electron chi connectivity index (χ4n) is 4.16. The minimum atomic E-state index is -0.0864. The summed E-state index contributed by atoms with van der Waals surface area (Å²) in [5.74, 6) is 0.378.